The second-order valence-electron chi connectivity index (χ2n) is 5.07. The number of rotatable bonds is 5. The van der Waals surface area contributed by atoms with Crippen LogP contribution in [0.1, 0.15) is 10.7 Å². The quantitative estimate of drug-likeness (QED) is 0.775. The molecule has 0 bridgehead atoms. The van der Waals surface area contributed by atoms with Crippen molar-refractivity contribution in [3.8, 4) is 11.3 Å². The van der Waals surface area contributed by atoms with Crippen LogP contribution in [-0.4, -0.2) is 32.6 Å². The Hall–Kier alpha value is -1.61. The molecule has 1 aliphatic heterocycles. The fourth-order valence-corrected chi connectivity index (χ4v) is 3.72. The van der Waals surface area contributed by atoms with E-state index in [2.05, 4.69) is 37.4 Å². The van der Waals surface area contributed by atoms with Crippen LogP contribution >= 0.6 is 22.7 Å². The van der Waals surface area contributed by atoms with E-state index in [1.807, 2.05) is 16.3 Å². The highest BCUT2D eigenvalue weighted by molar-refractivity contribution is 7.09. The third-order valence-corrected chi connectivity index (χ3v) is 5.06. The Balaban J connectivity index is 1.38. The standard InChI is InChI=1S/C14H15N5OS2/c1-3-21-9-10(1)14-12-8-20-11(7-19(12)18-17-14)5-15-6-13-16-2-4-22-13/h1-4,9,11,15H,5-8H2. The Morgan fingerprint density at radius 2 is 2.41 bits per heavy atom. The average molecular weight is 333 g/mol. The predicted molar refractivity (Wildman–Crippen MR) is 85.7 cm³/mol. The number of hydrogen-bond acceptors (Lipinski definition) is 7. The molecule has 1 atom stereocenters. The summed E-state index contributed by atoms with van der Waals surface area (Å²) in [6.45, 7) is 2.85. The Bertz CT molecular complexity index is 723. The molecule has 3 aromatic heterocycles. The minimum absolute atomic E-state index is 0.115. The molecule has 0 spiro atoms. The molecule has 1 aliphatic rings. The Labute approximate surface area is 135 Å². The van der Waals surface area contributed by atoms with E-state index in [1.165, 1.54) is 0 Å². The Kier molecular flexibility index (Phi) is 3.98. The fourth-order valence-electron chi connectivity index (χ4n) is 2.49. The monoisotopic (exact) mass is 333 g/mol. The van der Waals surface area contributed by atoms with Crippen molar-refractivity contribution in [2.75, 3.05) is 6.54 Å². The van der Waals surface area contributed by atoms with Crippen molar-refractivity contribution >= 4 is 22.7 Å². The summed E-state index contributed by atoms with van der Waals surface area (Å²) in [5.74, 6) is 0. The molecule has 0 saturated heterocycles. The summed E-state index contributed by atoms with van der Waals surface area (Å²) < 4.78 is 7.91. The molecule has 0 aromatic carbocycles. The van der Waals surface area contributed by atoms with Crippen LogP contribution in [0, 0.1) is 0 Å². The maximum absolute atomic E-state index is 5.94. The van der Waals surface area contributed by atoms with Crippen molar-refractivity contribution in [1.29, 1.82) is 0 Å². The smallest absolute Gasteiger partial charge is 0.119 e. The van der Waals surface area contributed by atoms with Crippen molar-refractivity contribution < 1.29 is 4.74 Å². The molecule has 0 radical (unpaired) electrons. The molecule has 0 aliphatic carbocycles. The van der Waals surface area contributed by atoms with E-state index >= 15 is 0 Å². The molecular weight excluding hydrogens is 318 g/mol. The van der Waals surface area contributed by atoms with Gasteiger partial charge in [0.25, 0.3) is 0 Å². The van der Waals surface area contributed by atoms with Crippen LogP contribution in [0.25, 0.3) is 11.3 Å². The third kappa shape index (κ3) is 2.82. The molecule has 4 heterocycles. The first-order valence-corrected chi connectivity index (χ1v) is 8.88. The van der Waals surface area contributed by atoms with Gasteiger partial charge in [-0.25, -0.2) is 9.67 Å². The van der Waals surface area contributed by atoms with E-state index in [9.17, 15) is 0 Å². The number of ether oxygens (including phenoxy) is 1. The van der Waals surface area contributed by atoms with E-state index < -0.39 is 0 Å². The van der Waals surface area contributed by atoms with Gasteiger partial charge < -0.3 is 10.1 Å². The summed E-state index contributed by atoms with van der Waals surface area (Å²) in [5.41, 5.74) is 3.13. The number of thiophene rings is 1. The van der Waals surface area contributed by atoms with Crippen LogP contribution in [0.3, 0.4) is 0 Å². The molecule has 1 unspecified atom stereocenters. The number of nitrogens with one attached hydrogen (secondary N) is 1. The molecule has 22 heavy (non-hydrogen) atoms. The number of fused-ring (bicyclic) bond motifs is 1. The number of hydrogen-bond donors (Lipinski definition) is 1. The maximum Gasteiger partial charge on any atom is 0.119 e. The lowest BCUT2D eigenvalue weighted by Gasteiger charge is -2.24. The van der Waals surface area contributed by atoms with Gasteiger partial charge in [-0.05, 0) is 11.4 Å². The molecule has 0 saturated carbocycles. The minimum Gasteiger partial charge on any atom is -0.369 e. The zero-order valence-electron chi connectivity index (χ0n) is 11.8. The summed E-state index contributed by atoms with van der Waals surface area (Å²) in [7, 11) is 0. The molecule has 3 aromatic rings. The molecule has 114 valence electrons. The number of thiazole rings is 1. The van der Waals surface area contributed by atoms with Gasteiger partial charge in [0.05, 0.1) is 24.9 Å². The third-order valence-electron chi connectivity index (χ3n) is 3.60. The van der Waals surface area contributed by atoms with Crippen molar-refractivity contribution in [2.45, 2.75) is 25.8 Å². The first-order valence-electron chi connectivity index (χ1n) is 7.06. The van der Waals surface area contributed by atoms with Crippen LogP contribution in [0.2, 0.25) is 0 Å². The highest BCUT2D eigenvalue weighted by Gasteiger charge is 2.24. The van der Waals surface area contributed by atoms with Gasteiger partial charge in [-0.2, -0.15) is 11.3 Å². The lowest BCUT2D eigenvalue weighted by molar-refractivity contribution is 0.00125. The Morgan fingerprint density at radius 1 is 1.41 bits per heavy atom. The number of aromatic nitrogens is 4. The van der Waals surface area contributed by atoms with Crippen LogP contribution in [0.5, 0.6) is 0 Å². The average Bonchev–Trinajstić information content (AvgIpc) is 3.28. The van der Waals surface area contributed by atoms with Crippen molar-refractivity contribution in [2.24, 2.45) is 0 Å². The summed E-state index contributed by atoms with van der Waals surface area (Å²) >= 11 is 3.32. The second-order valence-corrected chi connectivity index (χ2v) is 6.83. The number of nitrogens with zero attached hydrogens (tertiary/aromatic N) is 4. The largest absolute Gasteiger partial charge is 0.369 e. The van der Waals surface area contributed by atoms with Crippen LogP contribution < -0.4 is 5.32 Å². The van der Waals surface area contributed by atoms with Gasteiger partial charge in [-0.3, -0.25) is 0 Å². The van der Waals surface area contributed by atoms with Gasteiger partial charge in [-0.1, -0.05) is 5.21 Å². The van der Waals surface area contributed by atoms with Gasteiger partial charge in [0, 0.05) is 35.6 Å². The topological polar surface area (TPSA) is 64.9 Å². The van der Waals surface area contributed by atoms with Crippen molar-refractivity contribution in [3.63, 3.8) is 0 Å². The second kappa shape index (κ2) is 6.25. The molecule has 1 N–H and O–H groups in total. The summed E-state index contributed by atoms with van der Waals surface area (Å²) in [6, 6.07) is 2.07. The van der Waals surface area contributed by atoms with E-state index in [0.29, 0.717) is 6.61 Å². The first kappa shape index (κ1) is 14.0. The molecule has 0 fully saturated rings. The van der Waals surface area contributed by atoms with Gasteiger partial charge in [0.2, 0.25) is 0 Å². The predicted octanol–water partition coefficient (Wildman–Crippen LogP) is 2.15. The molecule has 6 nitrogen and oxygen atoms in total. The van der Waals surface area contributed by atoms with E-state index in [1.54, 1.807) is 22.7 Å². The highest BCUT2D eigenvalue weighted by atomic mass is 32.1. The molecule has 0 amide bonds. The lowest BCUT2D eigenvalue weighted by atomic mass is 10.2. The zero-order valence-corrected chi connectivity index (χ0v) is 13.4. The zero-order chi connectivity index (χ0) is 14.8. The SMILES string of the molecule is c1csc(CNCC2Cn3nnc(-c4ccsc4)c3CO2)n1. The molecular formula is C14H15N5OS2. The van der Waals surface area contributed by atoms with Crippen LogP contribution in [-0.2, 0) is 24.4 Å². The summed E-state index contributed by atoms with van der Waals surface area (Å²) in [4.78, 5) is 4.26. The lowest BCUT2D eigenvalue weighted by Crippen LogP contribution is -2.36. The summed E-state index contributed by atoms with van der Waals surface area (Å²) in [6.07, 6.45) is 1.94. The van der Waals surface area contributed by atoms with Crippen molar-refractivity contribution in [3.05, 3.63) is 39.1 Å². The van der Waals surface area contributed by atoms with Crippen LogP contribution in [0.4, 0.5) is 0 Å². The minimum atomic E-state index is 0.115. The maximum atomic E-state index is 5.94. The van der Waals surface area contributed by atoms with Gasteiger partial charge in [-0.15, -0.1) is 16.4 Å². The van der Waals surface area contributed by atoms with E-state index in [-0.39, 0.29) is 6.10 Å². The fraction of sp³-hybridized carbons (Fsp3) is 0.357. The molecule has 4 rings (SSSR count). The van der Waals surface area contributed by atoms with Gasteiger partial charge in [0.15, 0.2) is 0 Å². The van der Waals surface area contributed by atoms with Gasteiger partial charge in [0.1, 0.15) is 10.7 Å². The van der Waals surface area contributed by atoms with E-state index in [0.717, 1.165) is 41.6 Å². The highest BCUT2D eigenvalue weighted by Crippen LogP contribution is 2.26. The van der Waals surface area contributed by atoms with E-state index in [4.69, 9.17) is 4.74 Å². The summed E-state index contributed by atoms with van der Waals surface area (Å²) in [5, 5.41) is 19.2. The van der Waals surface area contributed by atoms with Crippen LogP contribution in [0.15, 0.2) is 28.4 Å². The normalized spacial score (nSPS) is 17.5. The first-order chi connectivity index (χ1) is 10.9. The van der Waals surface area contributed by atoms with Crippen molar-refractivity contribution in [1.82, 2.24) is 25.3 Å². The molecule has 8 heteroatoms. The Morgan fingerprint density at radius 3 is 3.23 bits per heavy atom. The van der Waals surface area contributed by atoms with Gasteiger partial charge >= 0.3 is 0 Å².